The van der Waals surface area contributed by atoms with Gasteiger partial charge in [0, 0.05) is 32.2 Å². The van der Waals surface area contributed by atoms with E-state index in [-0.39, 0.29) is 17.6 Å². The molecule has 1 amide bonds. The van der Waals surface area contributed by atoms with E-state index < -0.39 is 5.82 Å². The lowest BCUT2D eigenvalue weighted by Gasteiger charge is -2.31. The summed E-state index contributed by atoms with van der Waals surface area (Å²) in [5, 5.41) is 13.0. The van der Waals surface area contributed by atoms with Gasteiger partial charge in [-0.25, -0.2) is 4.39 Å². The van der Waals surface area contributed by atoms with Crippen molar-refractivity contribution in [3.05, 3.63) is 58.9 Å². The summed E-state index contributed by atoms with van der Waals surface area (Å²) < 4.78 is 19.3. The minimum absolute atomic E-state index is 0.169. The number of aromatic nitrogens is 3. The molecule has 0 saturated carbocycles. The number of H-pyrrole nitrogens is 1. The summed E-state index contributed by atoms with van der Waals surface area (Å²) in [5.74, 6) is -0.904. The Morgan fingerprint density at radius 2 is 2.18 bits per heavy atom. The molecule has 0 radical (unpaired) electrons. The van der Waals surface area contributed by atoms with Crippen LogP contribution in [-0.4, -0.2) is 52.0 Å². The zero-order chi connectivity index (χ0) is 19.5. The highest BCUT2D eigenvalue weighted by atomic mass is 19.1. The van der Waals surface area contributed by atoms with E-state index in [2.05, 4.69) is 44.7 Å². The first-order valence-electron chi connectivity index (χ1n) is 9.28. The van der Waals surface area contributed by atoms with Crippen LogP contribution in [0.1, 0.15) is 28.4 Å². The molecule has 0 bridgehead atoms. The molecule has 1 aromatic heterocycles. The van der Waals surface area contributed by atoms with Crippen molar-refractivity contribution in [2.75, 3.05) is 19.7 Å². The summed E-state index contributed by atoms with van der Waals surface area (Å²) in [5.41, 5.74) is 3.02. The number of benzene rings is 2. The molecule has 8 heteroatoms. The van der Waals surface area contributed by atoms with E-state index in [1.54, 1.807) is 0 Å². The van der Waals surface area contributed by atoms with Crippen LogP contribution in [0.2, 0.25) is 0 Å². The summed E-state index contributed by atoms with van der Waals surface area (Å²) >= 11 is 0. The fourth-order valence-corrected chi connectivity index (χ4v) is 3.50. The van der Waals surface area contributed by atoms with Crippen LogP contribution in [0.15, 0.2) is 36.4 Å². The maximum Gasteiger partial charge on any atom is 0.254 e. The summed E-state index contributed by atoms with van der Waals surface area (Å²) in [7, 11) is 0. The van der Waals surface area contributed by atoms with Crippen molar-refractivity contribution in [2.45, 2.75) is 26.1 Å². The van der Waals surface area contributed by atoms with E-state index in [9.17, 15) is 9.18 Å². The Morgan fingerprint density at radius 3 is 3.04 bits per heavy atom. The molecule has 2 heterocycles. The SMILES string of the molecule is CC1CN(Cc2cccc(CNC(=O)c3cc(F)cc4n[nH]nc34)c2)CCO1. The van der Waals surface area contributed by atoms with Crippen molar-refractivity contribution in [3.63, 3.8) is 0 Å². The number of hydrogen-bond acceptors (Lipinski definition) is 5. The van der Waals surface area contributed by atoms with Crippen LogP contribution in [0, 0.1) is 5.82 Å². The number of nitrogens with one attached hydrogen (secondary N) is 2. The molecule has 2 N–H and O–H groups in total. The van der Waals surface area contributed by atoms with Gasteiger partial charge in [0.15, 0.2) is 0 Å². The Hall–Kier alpha value is -2.84. The Bertz CT molecular complexity index is 990. The largest absolute Gasteiger partial charge is 0.376 e. The minimum atomic E-state index is -0.520. The highest BCUT2D eigenvalue weighted by molar-refractivity contribution is 6.04. The molecule has 7 nitrogen and oxygen atoms in total. The van der Waals surface area contributed by atoms with Gasteiger partial charge in [0.2, 0.25) is 0 Å². The number of halogens is 1. The molecule has 1 unspecified atom stereocenters. The maximum atomic E-state index is 13.7. The molecule has 1 atom stereocenters. The third kappa shape index (κ3) is 4.18. The molecule has 3 aromatic rings. The van der Waals surface area contributed by atoms with E-state index >= 15 is 0 Å². The summed E-state index contributed by atoms with van der Waals surface area (Å²) in [6.45, 7) is 5.85. The van der Waals surface area contributed by atoms with Gasteiger partial charge in [0.1, 0.15) is 16.9 Å². The van der Waals surface area contributed by atoms with Crippen molar-refractivity contribution < 1.29 is 13.9 Å². The highest BCUT2D eigenvalue weighted by Gasteiger charge is 2.17. The first kappa shape index (κ1) is 18.5. The molecule has 1 aliphatic heterocycles. The van der Waals surface area contributed by atoms with Gasteiger partial charge in [-0.1, -0.05) is 24.3 Å². The van der Waals surface area contributed by atoms with Gasteiger partial charge in [-0.15, -0.1) is 0 Å². The summed E-state index contributed by atoms with van der Waals surface area (Å²) in [6, 6.07) is 10.5. The Kier molecular flexibility index (Phi) is 5.31. The van der Waals surface area contributed by atoms with Crippen LogP contribution < -0.4 is 5.32 Å². The first-order chi connectivity index (χ1) is 13.6. The van der Waals surface area contributed by atoms with Gasteiger partial charge in [0.05, 0.1) is 18.3 Å². The standard InChI is InChI=1S/C20H22FN5O2/c1-13-11-26(5-6-28-13)12-15-4-2-3-14(7-15)10-22-20(27)17-8-16(21)9-18-19(17)24-25-23-18/h2-4,7-9,13H,5-6,10-12H2,1H3,(H,22,27)(H,23,24,25). The Labute approximate surface area is 161 Å². The summed E-state index contributed by atoms with van der Waals surface area (Å²) in [6.07, 6.45) is 0.246. The van der Waals surface area contributed by atoms with Crippen LogP contribution in [-0.2, 0) is 17.8 Å². The van der Waals surface area contributed by atoms with Crippen LogP contribution in [0.5, 0.6) is 0 Å². The molecule has 1 fully saturated rings. The fraction of sp³-hybridized carbons (Fsp3) is 0.350. The average molecular weight is 383 g/mol. The lowest BCUT2D eigenvalue weighted by Crippen LogP contribution is -2.40. The van der Waals surface area contributed by atoms with Gasteiger partial charge >= 0.3 is 0 Å². The van der Waals surface area contributed by atoms with Crippen molar-refractivity contribution in [1.29, 1.82) is 0 Å². The normalized spacial score (nSPS) is 17.7. The highest BCUT2D eigenvalue weighted by Crippen LogP contribution is 2.17. The smallest absolute Gasteiger partial charge is 0.254 e. The number of hydrogen-bond donors (Lipinski definition) is 2. The van der Waals surface area contributed by atoms with Crippen LogP contribution >= 0.6 is 0 Å². The van der Waals surface area contributed by atoms with Gasteiger partial charge in [0.25, 0.3) is 5.91 Å². The van der Waals surface area contributed by atoms with Crippen molar-refractivity contribution in [1.82, 2.24) is 25.6 Å². The number of morpholine rings is 1. The number of nitrogens with zero attached hydrogens (tertiary/aromatic N) is 3. The molecule has 146 valence electrons. The van der Waals surface area contributed by atoms with Crippen molar-refractivity contribution >= 4 is 16.9 Å². The molecule has 28 heavy (non-hydrogen) atoms. The van der Waals surface area contributed by atoms with Crippen LogP contribution in [0.3, 0.4) is 0 Å². The molecule has 1 aliphatic rings. The second-order valence-electron chi connectivity index (χ2n) is 7.06. The molecular weight excluding hydrogens is 361 g/mol. The van der Waals surface area contributed by atoms with Crippen LogP contribution in [0.4, 0.5) is 4.39 Å². The fourth-order valence-electron chi connectivity index (χ4n) is 3.50. The molecule has 1 saturated heterocycles. The van der Waals surface area contributed by atoms with Gasteiger partial charge < -0.3 is 10.1 Å². The van der Waals surface area contributed by atoms with Crippen LogP contribution in [0.25, 0.3) is 11.0 Å². The quantitative estimate of drug-likeness (QED) is 0.706. The molecule has 4 rings (SSSR count). The van der Waals surface area contributed by atoms with E-state index in [4.69, 9.17) is 4.74 Å². The lowest BCUT2D eigenvalue weighted by atomic mass is 10.1. The Morgan fingerprint density at radius 1 is 1.32 bits per heavy atom. The monoisotopic (exact) mass is 383 g/mol. The van der Waals surface area contributed by atoms with Crippen molar-refractivity contribution in [2.24, 2.45) is 0 Å². The zero-order valence-corrected chi connectivity index (χ0v) is 15.6. The number of carbonyl (C=O) groups excluding carboxylic acids is 1. The number of rotatable bonds is 5. The molecular formula is C20H22FN5O2. The first-order valence-corrected chi connectivity index (χ1v) is 9.28. The van der Waals surface area contributed by atoms with E-state index in [1.807, 2.05) is 12.1 Å². The second kappa shape index (κ2) is 8.04. The van der Waals surface area contributed by atoms with Crippen molar-refractivity contribution in [3.8, 4) is 0 Å². The number of fused-ring (bicyclic) bond motifs is 1. The predicted octanol–water partition coefficient (Wildman–Crippen LogP) is 2.25. The zero-order valence-electron chi connectivity index (χ0n) is 15.6. The maximum absolute atomic E-state index is 13.7. The second-order valence-corrected chi connectivity index (χ2v) is 7.06. The molecule has 0 aliphatic carbocycles. The predicted molar refractivity (Wildman–Crippen MR) is 102 cm³/mol. The topological polar surface area (TPSA) is 83.1 Å². The van der Waals surface area contributed by atoms with Gasteiger partial charge in [-0.3, -0.25) is 9.69 Å². The van der Waals surface area contributed by atoms with E-state index in [1.165, 1.54) is 17.7 Å². The third-order valence-electron chi connectivity index (χ3n) is 4.81. The average Bonchev–Trinajstić information content (AvgIpc) is 3.14. The third-order valence-corrected chi connectivity index (χ3v) is 4.81. The Balaban J connectivity index is 1.42. The van der Waals surface area contributed by atoms with E-state index in [0.29, 0.717) is 17.6 Å². The lowest BCUT2D eigenvalue weighted by molar-refractivity contribution is -0.0212. The molecule has 2 aromatic carbocycles. The molecule has 0 spiro atoms. The minimum Gasteiger partial charge on any atom is -0.376 e. The van der Waals surface area contributed by atoms with Gasteiger partial charge in [-0.05, 0) is 24.1 Å². The van der Waals surface area contributed by atoms with E-state index in [0.717, 1.165) is 31.8 Å². The number of amides is 1. The van der Waals surface area contributed by atoms with Gasteiger partial charge in [-0.2, -0.15) is 15.4 Å². The number of aromatic amines is 1. The number of carbonyl (C=O) groups is 1. The summed E-state index contributed by atoms with van der Waals surface area (Å²) in [4.78, 5) is 14.9. The number of ether oxygens (including phenoxy) is 1.